The first kappa shape index (κ1) is 15.9. The lowest BCUT2D eigenvalue weighted by Crippen LogP contribution is -2.47. The number of nitrogens with two attached hydrogens (primary N) is 1. The summed E-state index contributed by atoms with van der Waals surface area (Å²) in [5.74, 6) is -1.48. The summed E-state index contributed by atoms with van der Waals surface area (Å²) >= 11 is 0. The highest BCUT2D eigenvalue weighted by molar-refractivity contribution is 5.94. The van der Waals surface area contributed by atoms with Gasteiger partial charge in [0.2, 0.25) is 5.91 Å². The molecule has 3 N–H and O–H groups in total. The van der Waals surface area contributed by atoms with Gasteiger partial charge in [0, 0.05) is 17.9 Å². The fourth-order valence-electron chi connectivity index (χ4n) is 2.96. The van der Waals surface area contributed by atoms with Gasteiger partial charge in [-0.1, -0.05) is 18.2 Å². The standard InChI is InChI=1S/C17H18N4O3/c1-10-5-4-8-14-19-9-12(17(24)21(10)14)16(23)20-13-7-3-2-6-11(13)15(18)22/h2-5,8-9,11,13H,6-7H2,1H3,(H2,18,22)(H,20,23)/t11-,13-/m1/s1. The number of primary amides is 1. The number of nitrogens with one attached hydrogen (secondary N) is 1. The topological polar surface area (TPSA) is 107 Å². The summed E-state index contributed by atoms with van der Waals surface area (Å²) in [7, 11) is 0. The summed E-state index contributed by atoms with van der Waals surface area (Å²) in [4.78, 5) is 40.8. The molecule has 1 aliphatic carbocycles. The summed E-state index contributed by atoms with van der Waals surface area (Å²) in [6.07, 6.45) is 6.01. The van der Waals surface area contributed by atoms with Gasteiger partial charge in [0.05, 0.1) is 5.92 Å². The van der Waals surface area contributed by atoms with Crippen molar-refractivity contribution in [3.8, 4) is 0 Å². The number of aryl methyl sites for hydroxylation is 1. The van der Waals surface area contributed by atoms with Gasteiger partial charge in [-0.2, -0.15) is 0 Å². The first-order valence-corrected chi connectivity index (χ1v) is 7.71. The third kappa shape index (κ3) is 2.80. The number of rotatable bonds is 3. The van der Waals surface area contributed by atoms with E-state index in [0.29, 0.717) is 24.2 Å². The lowest BCUT2D eigenvalue weighted by Gasteiger charge is -2.26. The van der Waals surface area contributed by atoms with Gasteiger partial charge in [-0.3, -0.25) is 18.8 Å². The number of pyridine rings is 1. The minimum Gasteiger partial charge on any atom is -0.369 e. The Balaban J connectivity index is 1.93. The summed E-state index contributed by atoms with van der Waals surface area (Å²) in [6.45, 7) is 1.77. The van der Waals surface area contributed by atoms with Gasteiger partial charge < -0.3 is 11.1 Å². The summed E-state index contributed by atoms with van der Waals surface area (Å²) in [5, 5.41) is 2.75. The highest BCUT2D eigenvalue weighted by Gasteiger charge is 2.29. The maximum absolute atomic E-state index is 12.6. The van der Waals surface area contributed by atoms with E-state index in [9.17, 15) is 14.4 Å². The number of hydrogen-bond donors (Lipinski definition) is 2. The molecule has 24 heavy (non-hydrogen) atoms. The molecule has 0 saturated carbocycles. The molecule has 2 atom stereocenters. The molecule has 1 aliphatic rings. The molecule has 0 bridgehead atoms. The third-order valence-corrected chi connectivity index (χ3v) is 4.28. The van der Waals surface area contributed by atoms with E-state index in [4.69, 9.17) is 5.73 Å². The predicted octanol–water partition coefficient (Wildman–Crippen LogP) is 0.553. The van der Waals surface area contributed by atoms with Gasteiger partial charge in [-0.05, 0) is 31.9 Å². The molecule has 0 fully saturated rings. The van der Waals surface area contributed by atoms with Crippen molar-refractivity contribution in [1.82, 2.24) is 14.7 Å². The largest absolute Gasteiger partial charge is 0.369 e. The fourth-order valence-corrected chi connectivity index (χ4v) is 2.96. The molecule has 2 aromatic rings. The van der Waals surface area contributed by atoms with Crippen LogP contribution in [0.1, 0.15) is 28.9 Å². The molecule has 0 radical (unpaired) electrons. The Morgan fingerprint density at radius 2 is 2.04 bits per heavy atom. The Labute approximate surface area is 138 Å². The summed E-state index contributed by atoms with van der Waals surface area (Å²) in [5.41, 5.74) is 6.07. The number of nitrogens with zero attached hydrogens (tertiary/aromatic N) is 2. The van der Waals surface area contributed by atoms with Crippen LogP contribution in [-0.4, -0.2) is 27.2 Å². The number of carbonyl (C=O) groups excluding carboxylic acids is 2. The lowest BCUT2D eigenvalue weighted by molar-refractivity contribution is -0.122. The van der Waals surface area contributed by atoms with E-state index in [-0.39, 0.29) is 5.56 Å². The summed E-state index contributed by atoms with van der Waals surface area (Å²) < 4.78 is 1.39. The van der Waals surface area contributed by atoms with Crippen LogP contribution in [-0.2, 0) is 4.79 Å². The monoisotopic (exact) mass is 326 g/mol. The molecular weight excluding hydrogens is 308 g/mol. The van der Waals surface area contributed by atoms with Gasteiger partial charge in [-0.15, -0.1) is 0 Å². The van der Waals surface area contributed by atoms with Gasteiger partial charge in [0.15, 0.2) is 0 Å². The van der Waals surface area contributed by atoms with Crippen molar-refractivity contribution in [3.63, 3.8) is 0 Å². The van der Waals surface area contributed by atoms with Crippen LogP contribution in [0.2, 0.25) is 0 Å². The molecule has 0 aromatic carbocycles. The van der Waals surface area contributed by atoms with Crippen LogP contribution in [0.4, 0.5) is 0 Å². The van der Waals surface area contributed by atoms with E-state index in [1.54, 1.807) is 25.1 Å². The van der Waals surface area contributed by atoms with Gasteiger partial charge in [0.1, 0.15) is 11.2 Å². The molecule has 3 rings (SSSR count). The van der Waals surface area contributed by atoms with Crippen LogP contribution in [0.15, 0.2) is 41.3 Å². The lowest BCUT2D eigenvalue weighted by atomic mass is 9.88. The number of carbonyl (C=O) groups is 2. The molecule has 0 saturated heterocycles. The molecule has 0 unspecified atom stereocenters. The van der Waals surface area contributed by atoms with Crippen molar-refractivity contribution >= 4 is 17.5 Å². The molecule has 0 aliphatic heterocycles. The molecule has 2 heterocycles. The Morgan fingerprint density at radius 1 is 1.29 bits per heavy atom. The second kappa shape index (κ2) is 6.27. The van der Waals surface area contributed by atoms with Crippen molar-refractivity contribution in [2.75, 3.05) is 0 Å². The SMILES string of the molecule is Cc1cccc2ncc(C(=O)N[C@@H]3CC=CC[C@H]3C(N)=O)c(=O)n12. The smallest absolute Gasteiger partial charge is 0.270 e. The average Bonchev–Trinajstić information content (AvgIpc) is 2.55. The number of fused-ring (bicyclic) bond motifs is 1. The van der Waals surface area contributed by atoms with Crippen molar-refractivity contribution in [2.45, 2.75) is 25.8 Å². The van der Waals surface area contributed by atoms with Crippen LogP contribution in [0.25, 0.3) is 5.65 Å². The number of amides is 2. The molecule has 0 spiro atoms. The number of aromatic nitrogens is 2. The fraction of sp³-hybridized carbons (Fsp3) is 0.294. The van der Waals surface area contributed by atoms with Crippen LogP contribution in [0.5, 0.6) is 0 Å². The average molecular weight is 326 g/mol. The Bertz CT molecular complexity index is 900. The zero-order valence-electron chi connectivity index (χ0n) is 13.2. The molecule has 124 valence electrons. The second-order valence-electron chi connectivity index (χ2n) is 5.87. The van der Waals surface area contributed by atoms with E-state index in [0.717, 1.165) is 0 Å². The van der Waals surface area contributed by atoms with E-state index in [2.05, 4.69) is 10.3 Å². The second-order valence-corrected chi connectivity index (χ2v) is 5.87. The van der Waals surface area contributed by atoms with Gasteiger partial charge in [-0.25, -0.2) is 4.98 Å². The number of hydrogen-bond acceptors (Lipinski definition) is 4. The normalized spacial score (nSPS) is 20.0. The van der Waals surface area contributed by atoms with Gasteiger partial charge >= 0.3 is 0 Å². The number of allylic oxidation sites excluding steroid dienone is 1. The Kier molecular flexibility index (Phi) is 4.16. The Morgan fingerprint density at radius 3 is 2.79 bits per heavy atom. The Hall–Kier alpha value is -2.96. The molecule has 7 nitrogen and oxygen atoms in total. The highest BCUT2D eigenvalue weighted by Crippen LogP contribution is 2.19. The van der Waals surface area contributed by atoms with Crippen LogP contribution < -0.4 is 16.6 Å². The van der Waals surface area contributed by atoms with Crippen LogP contribution in [0.3, 0.4) is 0 Å². The summed E-state index contributed by atoms with van der Waals surface area (Å²) in [6, 6.07) is 4.85. The molecule has 2 aromatic heterocycles. The van der Waals surface area contributed by atoms with Crippen molar-refractivity contribution in [1.29, 1.82) is 0 Å². The first-order chi connectivity index (χ1) is 11.5. The van der Waals surface area contributed by atoms with Crippen LogP contribution >= 0.6 is 0 Å². The zero-order chi connectivity index (χ0) is 17.3. The molecular formula is C17H18N4O3. The van der Waals surface area contributed by atoms with E-state index >= 15 is 0 Å². The zero-order valence-corrected chi connectivity index (χ0v) is 13.2. The molecule has 7 heteroatoms. The maximum atomic E-state index is 12.6. The van der Waals surface area contributed by atoms with Crippen molar-refractivity contribution < 1.29 is 9.59 Å². The highest BCUT2D eigenvalue weighted by atomic mass is 16.2. The quantitative estimate of drug-likeness (QED) is 0.803. The minimum atomic E-state index is -0.545. The van der Waals surface area contributed by atoms with Gasteiger partial charge in [0.25, 0.3) is 11.5 Å². The van der Waals surface area contributed by atoms with Crippen LogP contribution in [0, 0.1) is 12.8 Å². The maximum Gasteiger partial charge on any atom is 0.270 e. The van der Waals surface area contributed by atoms with Crippen molar-refractivity contribution in [3.05, 3.63) is 58.2 Å². The van der Waals surface area contributed by atoms with E-state index in [1.165, 1.54) is 10.6 Å². The van der Waals surface area contributed by atoms with Crippen molar-refractivity contribution in [2.24, 2.45) is 11.7 Å². The molecule has 2 amide bonds. The first-order valence-electron chi connectivity index (χ1n) is 7.71. The third-order valence-electron chi connectivity index (χ3n) is 4.28. The minimum absolute atomic E-state index is 0.0560. The predicted molar refractivity (Wildman–Crippen MR) is 88.5 cm³/mol. The van der Waals surface area contributed by atoms with E-state index in [1.807, 2.05) is 12.2 Å². The van der Waals surface area contributed by atoms with E-state index < -0.39 is 29.3 Å².